The van der Waals surface area contributed by atoms with Crippen molar-refractivity contribution in [1.82, 2.24) is 0 Å². The maximum atomic E-state index is 2.77. The molecule has 0 amide bonds. The van der Waals surface area contributed by atoms with Gasteiger partial charge in [-0.1, -0.05) is 37.3 Å². The zero-order chi connectivity index (χ0) is 6.69. The van der Waals surface area contributed by atoms with E-state index in [9.17, 15) is 0 Å². The molecule has 1 radical (unpaired) electrons. The SMILES string of the molecule is CC(P)c1ccccc1.[Lu]. The molecule has 0 saturated heterocycles. The van der Waals surface area contributed by atoms with E-state index in [2.05, 4.69) is 40.4 Å². The van der Waals surface area contributed by atoms with Gasteiger partial charge in [0.05, 0.1) is 0 Å². The van der Waals surface area contributed by atoms with Gasteiger partial charge in [-0.25, -0.2) is 0 Å². The first-order chi connectivity index (χ1) is 4.30. The third kappa shape index (κ3) is 3.33. The largest absolute Gasteiger partial charge is 0.130 e. The van der Waals surface area contributed by atoms with Crippen molar-refractivity contribution in [2.24, 2.45) is 0 Å². The van der Waals surface area contributed by atoms with E-state index in [-0.39, 0.29) is 36.9 Å². The summed E-state index contributed by atoms with van der Waals surface area (Å²) < 4.78 is 0. The molecule has 0 N–H and O–H groups in total. The molecule has 63 valence electrons. The Morgan fingerprint density at radius 3 is 2.00 bits per heavy atom. The maximum Gasteiger partial charge on any atom is 0 e. The molecule has 2 unspecified atom stereocenters. The van der Waals surface area contributed by atoms with E-state index in [4.69, 9.17) is 0 Å². The topological polar surface area (TPSA) is 0 Å². The van der Waals surface area contributed by atoms with Crippen LogP contribution in [-0.2, 0) is 0 Å². The van der Waals surface area contributed by atoms with E-state index < -0.39 is 0 Å². The zero-order valence-electron chi connectivity index (χ0n) is 5.80. The summed E-state index contributed by atoms with van der Waals surface area (Å²) in [5.74, 6) is 0. The molecule has 0 heterocycles. The molecule has 2 atom stereocenters. The van der Waals surface area contributed by atoms with Crippen LogP contribution in [0.4, 0.5) is 0 Å². The minimum atomic E-state index is 0. The van der Waals surface area contributed by atoms with Crippen molar-refractivity contribution >= 4 is 9.24 Å². The molecule has 1 aromatic rings. The van der Waals surface area contributed by atoms with Crippen LogP contribution >= 0.6 is 9.24 Å². The second-order valence-electron chi connectivity index (χ2n) is 2.20. The fourth-order valence-electron chi connectivity index (χ4n) is 0.757. The van der Waals surface area contributed by atoms with Crippen LogP contribution in [0.1, 0.15) is 18.1 Å². The number of rotatable bonds is 1. The number of hydrogen-bond acceptors (Lipinski definition) is 0. The third-order valence-electron chi connectivity index (χ3n) is 1.33. The van der Waals surface area contributed by atoms with Crippen LogP contribution < -0.4 is 0 Å². The molecule has 0 aromatic heterocycles. The van der Waals surface area contributed by atoms with Gasteiger partial charge >= 0.3 is 0 Å². The first-order valence-corrected chi connectivity index (χ1v) is 3.78. The van der Waals surface area contributed by atoms with E-state index in [1.54, 1.807) is 0 Å². The van der Waals surface area contributed by atoms with E-state index in [1.807, 2.05) is 6.07 Å². The Morgan fingerprint density at radius 2 is 1.70 bits per heavy atom. The van der Waals surface area contributed by atoms with E-state index in [1.165, 1.54) is 5.56 Å². The van der Waals surface area contributed by atoms with Gasteiger partial charge in [0, 0.05) is 36.9 Å². The molecule has 1 aromatic carbocycles. The second-order valence-corrected chi connectivity index (χ2v) is 3.20. The summed E-state index contributed by atoms with van der Waals surface area (Å²) in [7, 11) is 2.77. The molecule has 0 nitrogen and oxygen atoms in total. The summed E-state index contributed by atoms with van der Waals surface area (Å²) >= 11 is 0. The Morgan fingerprint density at radius 1 is 1.20 bits per heavy atom. The molecule has 0 aliphatic carbocycles. The van der Waals surface area contributed by atoms with Crippen molar-refractivity contribution in [1.29, 1.82) is 0 Å². The summed E-state index contributed by atoms with van der Waals surface area (Å²) in [6.45, 7) is 2.17. The summed E-state index contributed by atoms with van der Waals surface area (Å²) in [4.78, 5) is 0. The molecule has 0 saturated carbocycles. The average molecular weight is 313 g/mol. The van der Waals surface area contributed by atoms with Crippen molar-refractivity contribution in [2.75, 3.05) is 0 Å². The summed E-state index contributed by atoms with van der Waals surface area (Å²) in [6, 6.07) is 10.4. The fraction of sp³-hybridized carbons (Fsp3) is 0.250. The Bertz CT molecular complexity index is 172. The van der Waals surface area contributed by atoms with Crippen LogP contribution in [0, 0.1) is 36.9 Å². The quantitative estimate of drug-likeness (QED) is 0.699. The van der Waals surface area contributed by atoms with Gasteiger partial charge in [0.2, 0.25) is 0 Å². The third-order valence-corrected chi connectivity index (χ3v) is 1.71. The molecular formula is C8H11LuP. The Hall–Kier alpha value is 0.884. The first-order valence-electron chi connectivity index (χ1n) is 3.11. The van der Waals surface area contributed by atoms with Crippen LogP contribution in [0.15, 0.2) is 30.3 Å². The molecule has 0 aliphatic heterocycles. The fourth-order valence-corrected chi connectivity index (χ4v) is 0.979. The van der Waals surface area contributed by atoms with E-state index in [0.29, 0.717) is 5.66 Å². The molecule has 1 rings (SSSR count). The van der Waals surface area contributed by atoms with Gasteiger partial charge in [0.1, 0.15) is 0 Å². The first kappa shape index (κ1) is 10.9. The standard InChI is InChI=1S/C8H11P.Lu/c1-7(9)8-5-3-2-4-6-8;/h2-7H,9H2,1H3;. The van der Waals surface area contributed by atoms with Crippen molar-refractivity contribution in [3.63, 3.8) is 0 Å². The molecule has 0 spiro atoms. The van der Waals surface area contributed by atoms with Crippen molar-refractivity contribution in [2.45, 2.75) is 12.6 Å². The van der Waals surface area contributed by atoms with Crippen molar-refractivity contribution in [3.05, 3.63) is 35.9 Å². The minimum Gasteiger partial charge on any atom is -0.130 e. The predicted octanol–water partition coefficient (Wildman–Crippen LogP) is 2.62. The van der Waals surface area contributed by atoms with Gasteiger partial charge in [0.15, 0.2) is 0 Å². The van der Waals surface area contributed by atoms with Gasteiger partial charge < -0.3 is 0 Å². The van der Waals surface area contributed by atoms with Gasteiger partial charge in [0.25, 0.3) is 0 Å². The molecule has 0 aliphatic rings. The van der Waals surface area contributed by atoms with Crippen molar-refractivity contribution in [3.8, 4) is 0 Å². The van der Waals surface area contributed by atoms with Crippen LogP contribution in [0.3, 0.4) is 0 Å². The van der Waals surface area contributed by atoms with Gasteiger partial charge in [-0.3, -0.25) is 0 Å². The normalized spacial score (nSPS) is 11.8. The van der Waals surface area contributed by atoms with Gasteiger partial charge in [-0.15, -0.1) is 9.24 Å². The van der Waals surface area contributed by atoms with E-state index in [0.717, 1.165) is 0 Å². The number of benzene rings is 1. The van der Waals surface area contributed by atoms with Crippen LogP contribution in [0.2, 0.25) is 0 Å². The van der Waals surface area contributed by atoms with Crippen LogP contribution in [0.25, 0.3) is 0 Å². The Kier molecular flexibility index (Phi) is 6.01. The number of hydrogen-bond donors (Lipinski definition) is 0. The Balaban J connectivity index is 0.000000810. The zero-order valence-corrected chi connectivity index (χ0v) is 8.61. The predicted molar refractivity (Wildman–Crippen MR) is 44.6 cm³/mol. The summed E-state index contributed by atoms with van der Waals surface area (Å²) in [5.41, 5.74) is 1.95. The van der Waals surface area contributed by atoms with E-state index >= 15 is 0 Å². The second kappa shape index (κ2) is 5.52. The average Bonchev–Trinajstić information content (AvgIpc) is 1.90. The molecule has 2 heteroatoms. The molecule has 0 bridgehead atoms. The molecule has 0 fully saturated rings. The maximum absolute atomic E-state index is 2.77. The minimum absolute atomic E-state index is 0. The van der Waals surface area contributed by atoms with Gasteiger partial charge in [-0.2, -0.15) is 0 Å². The van der Waals surface area contributed by atoms with Crippen molar-refractivity contribution < 1.29 is 36.9 Å². The molecular weight excluding hydrogens is 302 g/mol. The monoisotopic (exact) mass is 313 g/mol. The van der Waals surface area contributed by atoms with Gasteiger partial charge in [-0.05, 0) is 11.2 Å². The van der Waals surface area contributed by atoms with Crippen LogP contribution in [-0.4, -0.2) is 0 Å². The van der Waals surface area contributed by atoms with Crippen LogP contribution in [0.5, 0.6) is 0 Å². The Labute approximate surface area is 93.8 Å². The summed E-state index contributed by atoms with van der Waals surface area (Å²) in [5, 5.41) is 0. The summed E-state index contributed by atoms with van der Waals surface area (Å²) in [6.07, 6.45) is 0. The smallest absolute Gasteiger partial charge is 0 e. The molecule has 10 heavy (non-hydrogen) atoms.